The van der Waals surface area contributed by atoms with E-state index >= 15 is 0 Å². The molecule has 0 fully saturated rings. The molecule has 1 atom stereocenters. The summed E-state index contributed by atoms with van der Waals surface area (Å²) in [5.74, 6) is -0.750. The third kappa shape index (κ3) is 5.24. The fraction of sp³-hybridized carbons (Fsp3) is 0.333. The first-order valence-corrected chi connectivity index (χ1v) is 10.1. The van der Waals surface area contributed by atoms with Crippen molar-refractivity contribution >= 4 is 23.7 Å². The van der Waals surface area contributed by atoms with Crippen molar-refractivity contribution in [3.8, 4) is 6.07 Å². The highest BCUT2D eigenvalue weighted by Gasteiger charge is 2.30. The molecule has 3 rings (SSSR count). The number of nitrogens with one attached hydrogen (secondary N) is 1. The highest BCUT2D eigenvalue weighted by atomic mass is 16.6. The second-order valence-electron chi connectivity index (χ2n) is 8.47. The van der Waals surface area contributed by atoms with Crippen molar-refractivity contribution in [3.05, 3.63) is 64.7 Å². The van der Waals surface area contributed by atoms with Gasteiger partial charge in [0.1, 0.15) is 11.6 Å². The van der Waals surface area contributed by atoms with Crippen molar-refractivity contribution in [3.63, 3.8) is 0 Å². The van der Waals surface area contributed by atoms with E-state index in [1.165, 1.54) is 7.11 Å². The molecule has 1 N–H and O–H groups in total. The number of nitrogens with zero attached hydrogens (tertiary/aromatic N) is 2. The van der Waals surface area contributed by atoms with Crippen LogP contribution in [0, 0.1) is 11.3 Å². The Balaban J connectivity index is 1.78. The van der Waals surface area contributed by atoms with E-state index in [-0.39, 0.29) is 12.3 Å². The van der Waals surface area contributed by atoms with Crippen LogP contribution in [0.3, 0.4) is 0 Å². The number of amides is 2. The van der Waals surface area contributed by atoms with E-state index in [1.54, 1.807) is 62.1 Å². The molecule has 2 aromatic carbocycles. The van der Waals surface area contributed by atoms with E-state index in [1.807, 2.05) is 6.07 Å². The minimum absolute atomic E-state index is 0.155. The topological polar surface area (TPSA) is 109 Å². The van der Waals surface area contributed by atoms with Crippen LogP contribution >= 0.6 is 0 Å². The molecular formula is C24H25N3O5. The van der Waals surface area contributed by atoms with Gasteiger partial charge in [-0.25, -0.2) is 9.59 Å². The first-order chi connectivity index (χ1) is 15.1. The van der Waals surface area contributed by atoms with Gasteiger partial charge in [-0.3, -0.25) is 4.79 Å². The average Bonchev–Trinajstić information content (AvgIpc) is 3.07. The fourth-order valence-electron chi connectivity index (χ4n) is 3.47. The molecule has 0 unspecified atom stereocenters. The van der Waals surface area contributed by atoms with Crippen molar-refractivity contribution < 1.29 is 23.9 Å². The van der Waals surface area contributed by atoms with E-state index in [2.05, 4.69) is 11.4 Å². The second kappa shape index (κ2) is 9.10. The number of benzene rings is 2. The summed E-state index contributed by atoms with van der Waals surface area (Å²) in [5.41, 5.74) is 2.54. The lowest BCUT2D eigenvalue weighted by atomic mass is 10.0. The molecule has 166 valence electrons. The van der Waals surface area contributed by atoms with Crippen molar-refractivity contribution in [1.29, 1.82) is 5.26 Å². The maximum atomic E-state index is 12.9. The Morgan fingerprint density at radius 2 is 1.97 bits per heavy atom. The van der Waals surface area contributed by atoms with Crippen LogP contribution in [0.4, 0.5) is 10.5 Å². The molecular weight excluding hydrogens is 410 g/mol. The summed E-state index contributed by atoms with van der Waals surface area (Å²) < 4.78 is 10.1. The van der Waals surface area contributed by atoms with E-state index in [0.29, 0.717) is 23.4 Å². The summed E-state index contributed by atoms with van der Waals surface area (Å²) in [6, 6.07) is 13.3. The van der Waals surface area contributed by atoms with Gasteiger partial charge in [0.05, 0.1) is 25.3 Å². The Kier molecular flexibility index (Phi) is 6.49. The number of alkyl carbamates (subject to hydrolysis) is 1. The summed E-state index contributed by atoms with van der Waals surface area (Å²) in [7, 11) is 1.25. The van der Waals surface area contributed by atoms with Crippen LogP contribution in [0.1, 0.15) is 47.8 Å². The molecule has 2 aromatic rings. The lowest BCUT2D eigenvalue weighted by Crippen LogP contribution is -2.45. The number of fused-ring (bicyclic) bond motifs is 1. The first-order valence-electron chi connectivity index (χ1n) is 10.1. The number of anilines is 1. The fourth-order valence-corrected chi connectivity index (χ4v) is 3.47. The summed E-state index contributed by atoms with van der Waals surface area (Å²) in [5, 5.41) is 11.7. The van der Waals surface area contributed by atoms with Gasteiger partial charge >= 0.3 is 12.1 Å². The standard InChI is InChI=1S/C24H25N3O5/c1-24(2,3)32-23(30)26-20(22(29)31-4)12-15-8-9-19-17(10-15)14-27(21(19)28)18-7-5-6-16(11-18)13-25/h5-11,20H,12,14H2,1-4H3,(H,26,30)/t20-/m0/s1. The molecule has 8 heteroatoms. The van der Waals surface area contributed by atoms with E-state index in [4.69, 9.17) is 14.7 Å². The predicted molar refractivity (Wildman–Crippen MR) is 117 cm³/mol. The zero-order valence-electron chi connectivity index (χ0n) is 18.5. The van der Waals surface area contributed by atoms with Crippen LogP contribution in [-0.4, -0.2) is 36.7 Å². The smallest absolute Gasteiger partial charge is 0.408 e. The van der Waals surface area contributed by atoms with Crippen molar-refractivity contribution in [1.82, 2.24) is 5.32 Å². The van der Waals surface area contributed by atoms with E-state index in [9.17, 15) is 14.4 Å². The minimum Gasteiger partial charge on any atom is -0.467 e. The number of carbonyl (C=O) groups is 3. The molecule has 1 aliphatic rings. The number of ether oxygens (including phenoxy) is 2. The number of nitriles is 1. The quantitative estimate of drug-likeness (QED) is 0.722. The molecule has 0 aromatic heterocycles. The molecule has 0 spiro atoms. The van der Waals surface area contributed by atoms with Crippen LogP contribution in [0.2, 0.25) is 0 Å². The lowest BCUT2D eigenvalue weighted by Gasteiger charge is -2.22. The molecule has 0 saturated carbocycles. The zero-order valence-corrected chi connectivity index (χ0v) is 18.5. The Morgan fingerprint density at radius 3 is 2.62 bits per heavy atom. The van der Waals surface area contributed by atoms with Crippen LogP contribution in [0.15, 0.2) is 42.5 Å². The van der Waals surface area contributed by atoms with Gasteiger partial charge in [0.2, 0.25) is 0 Å². The summed E-state index contributed by atoms with van der Waals surface area (Å²) in [6.07, 6.45) is -0.537. The zero-order chi connectivity index (χ0) is 23.5. The second-order valence-corrected chi connectivity index (χ2v) is 8.47. The van der Waals surface area contributed by atoms with Crippen LogP contribution in [-0.2, 0) is 27.2 Å². The normalized spacial score (nSPS) is 13.7. The third-order valence-electron chi connectivity index (χ3n) is 4.88. The minimum atomic E-state index is -0.937. The van der Waals surface area contributed by atoms with Gasteiger partial charge in [0.25, 0.3) is 5.91 Å². The van der Waals surface area contributed by atoms with Crippen LogP contribution in [0.25, 0.3) is 0 Å². The highest BCUT2D eigenvalue weighted by molar-refractivity contribution is 6.10. The van der Waals surface area contributed by atoms with Gasteiger partial charge < -0.3 is 19.7 Å². The molecule has 2 amide bonds. The third-order valence-corrected chi connectivity index (χ3v) is 4.88. The van der Waals surface area contributed by atoms with Gasteiger partial charge in [-0.15, -0.1) is 0 Å². The number of methoxy groups -OCH3 is 1. The summed E-state index contributed by atoms with van der Waals surface area (Å²) in [6.45, 7) is 5.54. The Bertz CT molecular complexity index is 1100. The van der Waals surface area contributed by atoms with Crippen molar-refractivity contribution in [2.24, 2.45) is 0 Å². The van der Waals surface area contributed by atoms with Crippen molar-refractivity contribution in [2.45, 2.75) is 45.4 Å². The average molecular weight is 435 g/mol. The molecule has 0 saturated heterocycles. The molecule has 32 heavy (non-hydrogen) atoms. The molecule has 1 heterocycles. The SMILES string of the molecule is COC(=O)[C@H](Cc1ccc2c(c1)CN(c1cccc(C#N)c1)C2=O)NC(=O)OC(C)(C)C. The first kappa shape index (κ1) is 22.8. The summed E-state index contributed by atoms with van der Waals surface area (Å²) >= 11 is 0. The number of carbonyl (C=O) groups excluding carboxylic acids is 3. The number of hydrogen-bond acceptors (Lipinski definition) is 6. The molecule has 1 aliphatic heterocycles. The van der Waals surface area contributed by atoms with Gasteiger partial charge in [-0.2, -0.15) is 5.26 Å². The Morgan fingerprint density at radius 1 is 1.22 bits per heavy atom. The van der Waals surface area contributed by atoms with Crippen molar-refractivity contribution in [2.75, 3.05) is 12.0 Å². The lowest BCUT2D eigenvalue weighted by molar-refractivity contribution is -0.143. The predicted octanol–water partition coefficient (Wildman–Crippen LogP) is 3.33. The highest BCUT2D eigenvalue weighted by Crippen LogP contribution is 2.29. The number of hydrogen-bond donors (Lipinski definition) is 1. The van der Waals surface area contributed by atoms with Gasteiger partial charge in [0.15, 0.2) is 0 Å². The number of rotatable bonds is 5. The van der Waals surface area contributed by atoms with Gasteiger partial charge in [-0.1, -0.05) is 18.2 Å². The Labute approximate surface area is 186 Å². The molecule has 0 radical (unpaired) electrons. The number of esters is 1. The Hall–Kier alpha value is -3.86. The maximum absolute atomic E-state index is 12.9. The van der Waals surface area contributed by atoms with E-state index in [0.717, 1.165) is 11.1 Å². The largest absolute Gasteiger partial charge is 0.467 e. The molecule has 8 nitrogen and oxygen atoms in total. The van der Waals surface area contributed by atoms with Crippen LogP contribution < -0.4 is 10.2 Å². The van der Waals surface area contributed by atoms with E-state index < -0.39 is 23.7 Å². The van der Waals surface area contributed by atoms with Crippen LogP contribution in [0.5, 0.6) is 0 Å². The molecule has 0 aliphatic carbocycles. The monoisotopic (exact) mass is 435 g/mol. The molecule has 0 bridgehead atoms. The van der Waals surface area contributed by atoms with Gasteiger partial charge in [0, 0.05) is 17.7 Å². The summed E-state index contributed by atoms with van der Waals surface area (Å²) in [4.78, 5) is 38.8. The van der Waals surface area contributed by atoms with Gasteiger partial charge in [-0.05, 0) is 56.2 Å². The maximum Gasteiger partial charge on any atom is 0.408 e.